The van der Waals surface area contributed by atoms with Crippen molar-refractivity contribution in [1.82, 2.24) is 5.32 Å². The molecule has 1 amide bonds. The minimum atomic E-state index is -1.11. The molecule has 28 heavy (non-hydrogen) atoms. The highest BCUT2D eigenvalue weighted by Crippen LogP contribution is 2.17. The van der Waals surface area contributed by atoms with Crippen molar-refractivity contribution in [3.63, 3.8) is 0 Å². The second-order valence-electron chi connectivity index (χ2n) is 7.66. The lowest BCUT2D eigenvalue weighted by Crippen LogP contribution is -2.50. The second kappa shape index (κ2) is 9.75. The number of carbonyl (C=O) groups is 2. The molecule has 8 heteroatoms. The summed E-state index contributed by atoms with van der Waals surface area (Å²) in [5.74, 6) is -0.0865. The number of rotatable bonds is 3. The minimum absolute atomic E-state index is 0.108. The van der Waals surface area contributed by atoms with E-state index in [1.165, 1.54) is 0 Å². The fourth-order valence-corrected chi connectivity index (χ4v) is 2.61. The molecule has 1 aromatic carbocycles. The lowest BCUT2D eigenvalue weighted by atomic mass is 10.1. The summed E-state index contributed by atoms with van der Waals surface area (Å²) in [6, 6.07) is 8.09. The van der Waals surface area contributed by atoms with Crippen molar-refractivity contribution >= 4 is 12.1 Å². The predicted molar refractivity (Wildman–Crippen MR) is 101 cm³/mol. The van der Waals surface area contributed by atoms with E-state index in [1.54, 1.807) is 39.8 Å². The summed E-state index contributed by atoms with van der Waals surface area (Å²) < 4.78 is 21.9. The van der Waals surface area contributed by atoms with Gasteiger partial charge in [0.15, 0.2) is 6.10 Å². The standard InChI is InChI=1S/C20H29NO7/c1-13-17(22)16(27-14-8-6-5-7-9-14)12-25-11-10-15(18(23)26-13)21-19(24)28-20(2,3)4/h5-9,13,15-17,22H,10-12H2,1-4H3,(H,21,24)/t13-,15-,16-,17-/m0/s1. The Morgan fingerprint density at radius 3 is 2.57 bits per heavy atom. The number of benzene rings is 1. The first-order chi connectivity index (χ1) is 13.2. The van der Waals surface area contributed by atoms with Crippen molar-refractivity contribution in [2.45, 2.75) is 64.1 Å². The van der Waals surface area contributed by atoms with Gasteiger partial charge in [-0.3, -0.25) is 0 Å². The Labute approximate surface area is 165 Å². The van der Waals surface area contributed by atoms with Gasteiger partial charge in [-0.15, -0.1) is 0 Å². The number of cyclic esters (lactones) is 1. The zero-order chi connectivity index (χ0) is 20.7. The molecular weight excluding hydrogens is 366 g/mol. The minimum Gasteiger partial charge on any atom is -0.485 e. The SMILES string of the molecule is C[C@@H]1OC(=O)[C@@H](NC(=O)OC(C)(C)C)CCOC[C@H](Oc2ccccc2)[C@H]1O. The van der Waals surface area contributed by atoms with Crippen molar-refractivity contribution in [2.75, 3.05) is 13.2 Å². The molecule has 1 aromatic rings. The van der Waals surface area contributed by atoms with Crippen LogP contribution in [0.2, 0.25) is 0 Å². The predicted octanol–water partition coefficient (Wildman–Crippen LogP) is 2.04. The van der Waals surface area contributed by atoms with Crippen molar-refractivity contribution in [3.05, 3.63) is 30.3 Å². The van der Waals surface area contributed by atoms with Gasteiger partial charge in [0.1, 0.15) is 29.6 Å². The third-order valence-electron chi connectivity index (χ3n) is 4.00. The highest BCUT2D eigenvalue weighted by molar-refractivity contribution is 5.81. The summed E-state index contributed by atoms with van der Waals surface area (Å²) in [6.45, 7) is 7.03. The van der Waals surface area contributed by atoms with Crippen LogP contribution in [0.5, 0.6) is 5.75 Å². The lowest BCUT2D eigenvalue weighted by Gasteiger charge is -2.31. The van der Waals surface area contributed by atoms with E-state index < -0.39 is 42.0 Å². The zero-order valence-corrected chi connectivity index (χ0v) is 16.7. The van der Waals surface area contributed by atoms with Crippen LogP contribution in [0.25, 0.3) is 0 Å². The number of para-hydroxylation sites is 1. The summed E-state index contributed by atoms with van der Waals surface area (Å²) >= 11 is 0. The Balaban J connectivity index is 2.01. The largest absolute Gasteiger partial charge is 0.485 e. The Morgan fingerprint density at radius 2 is 1.93 bits per heavy atom. The highest BCUT2D eigenvalue weighted by atomic mass is 16.6. The normalized spacial score (nSPS) is 26.7. The Kier molecular flexibility index (Phi) is 7.65. The van der Waals surface area contributed by atoms with Crippen LogP contribution in [0, 0.1) is 0 Å². The number of alkyl carbamates (subject to hydrolysis) is 1. The molecule has 156 valence electrons. The average molecular weight is 395 g/mol. The first-order valence-electron chi connectivity index (χ1n) is 9.33. The number of nitrogens with one attached hydrogen (secondary N) is 1. The molecule has 0 spiro atoms. The van der Waals surface area contributed by atoms with E-state index in [2.05, 4.69) is 5.32 Å². The monoisotopic (exact) mass is 395 g/mol. The number of carbonyl (C=O) groups excluding carboxylic acids is 2. The summed E-state index contributed by atoms with van der Waals surface area (Å²) in [5, 5.41) is 13.1. The number of hydrogen-bond donors (Lipinski definition) is 2. The summed E-state index contributed by atoms with van der Waals surface area (Å²) in [5.41, 5.74) is -0.689. The summed E-state index contributed by atoms with van der Waals surface area (Å²) in [4.78, 5) is 24.4. The van der Waals surface area contributed by atoms with Crippen LogP contribution in [-0.4, -0.2) is 60.3 Å². The van der Waals surface area contributed by atoms with Gasteiger partial charge in [0.05, 0.1) is 6.61 Å². The van der Waals surface area contributed by atoms with Crippen molar-refractivity contribution in [2.24, 2.45) is 0 Å². The Hall–Kier alpha value is -2.32. The maximum absolute atomic E-state index is 12.5. The van der Waals surface area contributed by atoms with E-state index in [1.807, 2.05) is 18.2 Å². The lowest BCUT2D eigenvalue weighted by molar-refractivity contribution is -0.164. The number of esters is 1. The second-order valence-corrected chi connectivity index (χ2v) is 7.66. The van der Waals surface area contributed by atoms with Crippen molar-refractivity contribution < 1.29 is 33.6 Å². The molecule has 0 aliphatic carbocycles. The van der Waals surface area contributed by atoms with Crippen LogP contribution in [-0.2, 0) is 19.0 Å². The number of hydrogen-bond acceptors (Lipinski definition) is 7. The van der Waals surface area contributed by atoms with E-state index in [0.29, 0.717) is 5.75 Å². The van der Waals surface area contributed by atoms with Crippen LogP contribution in [0.15, 0.2) is 30.3 Å². The molecule has 0 aromatic heterocycles. The van der Waals surface area contributed by atoms with E-state index in [-0.39, 0.29) is 19.6 Å². The van der Waals surface area contributed by atoms with E-state index >= 15 is 0 Å². The zero-order valence-electron chi connectivity index (χ0n) is 16.7. The molecule has 2 N–H and O–H groups in total. The Bertz CT molecular complexity index is 644. The number of ether oxygens (including phenoxy) is 4. The quantitative estimate of drug-likeness (QED) is 0.755. The molecule has 1 aliphatic rings. The van der Waals surface area contributed by atoms with E-state index in [0.717, 1.165) is 0 Å². The van der Waals surface area contributed by atoms with E-state index in [4.69, 9.17) is 18.9 Å². The molecule has 1 aliphatic heterocycles. The van der Waals surface area contributed by atoms with Crippen LogP contribution in [0.3, 0.4) is 0 Å². The molecule has 0 saturated carbocycles. The van der Waals surface area contributed by atoms with Gasteiger partial charge in [-0.2, -0.15) is 0 Å². The first-order valence-corrected chi connectivity index (χ1v) is 9.33. The van der Waals surface area contributed by atoms with Gasteiger partial charge in [-0.25, -0.2) is 9.59 Å². The van der Waals surface area contributed by atoms with Gasteiger partial charge in [0.2, 0.25) is 0 Å². The number of aliphatic hydroxyl groups excluding tert-OH is 1. The fourth-order valence-electron chi connectivity index (χ4n) is 2.61. The smallest absolute Gasteiger partial charge is 0.408 e. The summed E-state index contributed by atoms with van der Waals surface area (Å²) in [6.07, 6.45) is -3.18. The van der Waals surface area contributed by atoms with Crippen LogP contribution >= 0.6 is 0 Å². The molecule has 4 atom stereocenters. The van der Waals surface area contributed by atoms with Crippen molar-refractivity contribution in [1.29, 1.82) is 0 Å². The molecule has 0 unspecified atom stereocenters. The maximum atomic E-state index is 12.5. The van der Waals surface area contributed by atoms with Crippen LogP contribution in [0.4, 0.5) is 4.79 Å². The third-order valence-corrected chi connectivity index (χ3v) is 4.00. The number of amides is 1. The van der Waals surface area contributed by atoms with Gasteiger partial charge in [0.25, 0.3) is 0 Å². The molecule has 0 radical (unpaired) electrons. The molecule has 1 saturated heterocycles. The fraction of sp³-hybridized carbons (Fsp3) is 0.600. The van der Waals surface area contributed by atoms with E-state index in [9.17, 15) is 14.7 Å². The van der Waals surface area contributed by atoms with Crippen LogP contribution in [0.1, 0.15) is 34.1 Å². The van der Waals surface area contributed by atoms with Crippen molar-refractivity contribution in [3.8, 4) is 5.75 Å². The van der Waals surface area contributed by atoms with Crippen LogP contribution < -0.4 is 10.1 Å². The molecular formula is C20H29NO7. The summed E-state index contributed by atoms with van der Waals surface area (Å²) in [7, 11) is 0. The molecule has 1 fully saturated rings. The highest BCUT2D eigenvalue weighted by Gasteiger charge is 2.34. The molecule has 1 heterocycles. The van der Waals surface area contributed by atoms with Gasteiger partial charge in [0, 0.05) is 13.0 Å². The van der Waals surface area contributed by atoms with Gasteiger partial charge < -0.3 is 29.4 Å². The topological polar surface area (TPSA) is 103 Å². The molecule has 8 nitrogen and oxygen atoms in total. The van der Waals surface area contributed by atoms with Gasteiger partial charge in [-0.1, -0.05) is 18.2 Å². The van der Waals surface area contributed by atoms with Gasteiger partial charge >= 0.3 is 12.1 Å². The van der Waals surface area contributed by atoms with Gasteiger partial charge in [-0.05, 0) is 39.8 Å². The number of aliphatic hydroxyl groups is 1. The molecule has 2 rings (SSSR count). The third kappa shape index (κ3) is 7.01. The first kappa shape index (κ1) is 22.0. The maximum Gasteiger partial charge on any atom is 0.408 e. The molecule has 0 bridgehead atoms. The Morgan fingerprint density at radius 1 is 1.25 bits per heavy atom. The average Bonchev–Trinajstić information content (AvgIpc) is 2.61.